The molecular weight excluding hydrogens is 366 g/mol. The molecule has 1 amide bonds. The van der Waals surface area contributed by atoms with Crippen LogP contribution < -0.4 is 10.2 Å². The molecule has 0 aliphatic carbocycles. The van der Waals surface area contributed by atoms with E-state index in [-0.39, 0.29) is 5.91 Å². The number of oxime groups is 1. The third-order valence-electron chi connectivity index (χ3n) is 4.15. The number of ether oxygens (including phenoxy) is 1. The van der Waals surface area contributed by atoms with Crippen molar-refractivity contribution >= 4 is 35.1 Å². The van der Waals surface area contributed by atoms with Crippen LogP contribution >= 0.6 is 11.6 Å². The van der Waals surface area contributed by atoms with Crippen LogP contribution in [0.25, 0.3) is 0 Å². The van der Waals surface area contributed by atoms with Gasteiger partial charge in [-0.2, -0.15) is 0 Å². The summed E-state index contributed by atoms with van der Waals surface area (Å²) in [4.78, 5) is 19.7. The van der Waals surface area contributed by atoms with Gasteiger partial charge in [0.1, 0.15) is 0 Å². The predicted molar refractivity (Wildman–Crippen MR) is 108 cm³/mol. The SMILES string of the molecule is CC(ON=Cc1ccc(N2CCOCC2)cc1)C(=O)Nc1cccc(Cl)c1. The lowest BCUT2D eigenvalue weighted by molar-refractivity contribution is -0.126. The molecule has 0 saturated carbocycles. The third-order valence-corrected chi connectivity index (χ3v) is 4.39. The lowest BCUT2D eigenvalue weighted by atomic mass is 10.2. The second-order valence-corrected chi connectivity index (χ2v) is 6.61. The standard InChI is InChI=1S/C20H22ClN3O3/c1-15(20(25)23-18-4-2-3-17(21)13-18)27-22-14-16-5-7-19(8-6-16)24-9-11-26-12-10-24/h2-8,13-15H,9-12H2,1H3,(H,23,25). The summed E-state index contributed by atoms with van der Waals surface area (Å²) in [6.07, 6.45) is 0.861. The Bertz CT molecular complexity index is 789. The van der Waals surface area contributed by atoms with Crippen LogP contribution in [0.4, 0.5) is 11.4 Å². The summed E-state index contributed by atoms with van der Waals surface area (Å²) in [7, 11) is 0. The molecule has 1 unspecified atom stereocenters. The Hall–Kier alpha value is -2.57. The number of nitrogens with zero attached hydrogens (tertiary/aromatic N) is 2. The van der Waals surface area contributed by atoms with Crippen LogP contribution in [0.1, 0.15) is 12.5 Å². The fourth-order valence-electron chi connectivity index (χ4n) is 2.63. The second-order valence-electron chi connectivity index (χ2n) is 6.17. The molecule has 27 heavy (non-hydrogen) atoms. The Balaban J connectivity index is 1.49. The summed E-state index contributed by atoms with van der Waals surface area (Å²) in [6, 6.07) is 15.0. The summed E-state index contributed by atoms with van der Waals surface area (Å²) in [5.74, 6) is -0.294. The summed E-state index contributed by atoms with van der Waals surface area (Å²) in [6.45, 7) is 4.95. The van der Waals surface area contributed by atoms with Crippen molar-refractivity contribution in [1.82, 2.24) is 0 Å². The second kappa shape index (κ2) is 9.39. The van der Waals surface area contributed by atoms with E-state index in [1.54, 1.807) is 37.4 Å². The Kier molecular flexibility index (Phi) is 6.68. The van der Waals surface area contributed by atoms with Gasteiger partial charge in [-0.25, -0.2) is 0 Å². The molecule has 1 aliphatic rings. The molecule has 0 bridgehead atoms. The number of anilines is 2. The van der Waals surface area contributed by atoms with Crippen molar-refractivity contribution in [1.29, 1.82) is 0 Å². The smallest absolute Gasteiger partial charge is 0.267 e. The van der Waals surface area contributed by atoms with Gasteiger partial charge in [-0.05, 0) is 42.8 Å². The number of carbonyl (C=O) groups excluding carboxylic acids is 1. The van der Waals surface area contributed by atoms with E-state index in [9.17, 15) is 4.79 Å². The quantitative estimate of drug-likeness (QED) is 0.608. The number of amides is 1. The predicted octanol–water partition coefficient (Wildman–Crippen LogP) is 3.55. The molecule has 1 N–H and O–H groups in total. The normalized spacial score (nSPS) is 15.6. The minimum atomic E-state index is -0.729. The van der Waals surface area contributed by atoms with E-state index in [0.717, 1.165) is 37.6 Å². The minimum Gasteiger partial charge on any atom is -0.383 e. The maximum atomic E-state index is 12.1. The molecule has 0 aromatic heterocycles. The van der Waals surface area contributed by atoms with E-state index in [2.05, 4.69) is 15.4 Å². The number of morpholine rings is 1. The average Bonchev–Trinajstić information content (AvgIpc) is 2.69. The largest absolute Gasteiger partial charge is 0.383 e. The summed E-state index contributed by atoms with van der Waals surface area (Å²) >= 11 is 5.90. The Labute approximate surface area is 163 Å². The molecule has 142 valence electrons. The molecule has 0 radical (unpaired) electrons. The molecule has 1 atom stereocenters. The van der Waals surface area contributed by atoms with Crippen LogP contribution in [0.2, 0.25) is 5.02 Å². The van der Waals surface area contributed by atoms with Gasteiger partial charge in [-0.1, -0.05) is 35.0 Å². The van der Waals surface area contributed by atoms with Gasteiger partial charge in [0, 0.05) is 29.5 Å². The first kappa shape index (κ1) is 19.2. The highest BCUT2D eigenvalue weighted by Crippen LogP contribution is 2.17. The van der Waals surface area contributed by atoms with E-state index in [1.165, 1.54) is 0 Å². The molecule has 0 spiro atoms. The van der Waals surface area contributed by atoms with Crippen molar-refractivity contribution in [2.24, 2.45) is 5.16 Å². The van der Waals surface area contributed by atoms with Crippen molar-refractivity contribution in [3.63, 3.8) is 0 Å². The average molecular weight is 388 g/mol. The molecule has 1 aliphatic heterocycles. The minimum absolute atomic E-state index is 0.294. The zero-order valence-corrected chi connectivity index (χ0v) is 15.9. The Morgan fingerprint density at radius 1 is 1.26 bits per heavy atom. The Morgan fingerprint density at radius 2 is 2.00 bits per heavy atom. The van der Waals surface area contributed by atoms with Gasteiger partial charge in [0.15, 0.2) is 0 Å². The van der Waals surface area contributed by atoms with Crippen molar-refractivity contribution in [3.05, 3.63) is 59.1 Å². The van der Waals surface area contributed by atoms with Gasteiger partial charge in [0.05, 0.1) is 19.4 Å². The van der Waals surface area contributed by atoms with Gasteiger partial charge < -0.3 is 19.8 Å². The number of halogens is 1. The highest BCUT2D eigenvalue weighted by molar-refractivity contribution is 6.30. The van der Waals surface area contributed by atoms with Gasteiger partial charge >= 0.3 is 0 Å². The fraction of sp³-hybridized carbons (Fsp3) is 0.300. The monoisotopic (exact) mass is 387 g/mol. The number of hydrogen-bond donors (Lipinski definition) is 1. The lowest BCUT2D eigenvalue weighted by Gasteiger charge is -2.28. The van der Waals surface area contributed by atoms with Crippen molar-refractivity contribution in [2.75, 3.05) is 36.5 Å². The van der Waals surface area contributed by atoms with Crippen LogP contribution in [-0.4, -0.2) is 44.5 Å². The summed E-state index contributed by atoms with van der Waals surface area (Å²) in [5, 5.41) is 7.21. The molecule has 3 rings (SSSR count). The first-order valence-corrected chi connectivity index (χ1v) is 9.18. The summed E-state index contributed by atoms with van der Waals surface area (Å²) in [5.41, 5.74) is 2.67. The molecule has 1 heterocycles. The van der Waals surface area contributed by atoms with Gasteiger partial charge in [0.25, 0.3) is 5.91 Å². The van der Waals surface area contributed by atoms with Crippen molar-refractivity contribution < 1.29 is 14.4 Å². The third kappa shape index (κ3) is 5.70. The van der Waals surface area contributed by atoms with Crippen LogP contribution in [0.3, 0.4) is 0 Å². The van der Waals surface area contributed by atoms with E-state index in [4.69, 9.17) is 21.2 Å². The molecular formula is C20H22ClN3O3. The first-order valence-electron chi connectivity index (χ1n) is 8.80. The van der Waals surface area contributed by atoms with E-state index in [0.29, 0.717) is 10.7 Å². The van der Waals surface area contributed by atoms with Gasteiger partial charge in [-0.3, -0.25) is 4.79 Å². The number of benzene rings is 2. The molecule has 1 fully saturated rings. The number of rotatable bonds is 6. The molecule has 2 aromatic carbocycles. The highest BCUT2D eigenvalue weighted by atomic mass is 35.5. The summed E-state index contributed by atoms with van der Waals surface area (Å²) < 4.78 is 5.36. The first-order chi connectivity index (χ1) is 13.1. The molecule has 2 aromatic rings. The topological polar surface area (TPSA) is 63.2 Å². The van der Waals surface area contributed by atoms with Crippen molar-refractivity contribution in [3.8, 4) is 0 Å². The Morgan fingerprint density at radius 3 is 2.70 bits per heavy atom. The zero-order valence-electron chi connectivity index (χ0n) is 15.1. The number of nitrogens with one attached hydrogen (secondary N) is 1. The molecule has 1 saturated heterocycles. The lowest BCUT2D eigenvalue weighted by Crippen LogP contribution is -2.36. The number of carbonyl (C=O) groups is 1. The van der Waals surface area contributed by atoms with E-state index >= 15 is 0 Å². The fourth-order valence-corrected chi connectivity index (χ4v) is 2.82. The zero-order chi connectivity index (χ0) is 19.1. The maximum Gasteiger partial charge on any atom is 0.267 e. The van der Waals surface area contributed by atoms with Crippen LogP contribution in [0, 0.1) is 0 Å². The molecule has 7 heteroatoms. The number of hydrogen-bond acceptors (Lipinski definition) is 5. The van der Waals surface area contributed by atoms with Gasteiger partial charge in [-0.15, -0.1) is 0 Å². The van der Waals surface area contributed by atoms with E-state index in [1.807, 2.05) is 24.3 Å². The van der Waals surface area contributed by atoms with Crippen LogP contribution in [0.5, 0.6) is 0 Å². The van der Waals surface area contributed by atoms with E-state index < -0.39 is 6.10 Å². The van der Waals surface area contributed by atoms with Crippen LogP contribution in [-0.2, 0) is 14.4 Å². The van der Waals surface area contributed by atoms with Gasteiger partial charge in [0.2, 0.25) is 6.10 Å². The maximum absolute atomic E-state index is 12.1. The van der Waals surface area contributed by atoms with Crippen LogP contribution in [0.15, 0.2) is 53.7 Å². The molecule has 6 nitrogen and oxygen atoms in total. The highest BCUT2D eigenvalue weighted by Gasteiger charge is 2.14. The van der Waals surface area contributed by atoms with Crippen molar-refractivity contribution in [2.45, 2.75) is 13.0 Å².